The molecule has 2 atom stereocenters. The maximum Gasteiger partial charge on any atom is 0.325 e. The van der Waals surface area contributed by atoms with E-state index in [4.69, 9.17) is 32.7 Å². The number of ether oxygens (including phenoxy) is 2. The van der Waals surface area contributed by atoms with Crippen molar-refractivity contribution in [3.8, 4) is 0 Å². The zero-order chi connectivity index (χ0) is 32.2. The Morgan fingerprint density at radius 1 is 1.11 bits per heavy atom. The number of alkyl halides is 1. The number of rotatable bonds is 15. The lowest BCUT2D eigenvalue weighted by Gasteiger charge is -2.42. The van der Waals surface area contributed by atoms with Crippen molar-refractivity contribution >= 4 is 46.9 Å². The van der Waals surface area contributed by atoms with E-state index >= 15 is 0 Å². The molecule has 0 saturated carbocycles. The van der Waals surface area contributed by atoms with Gasteiger partial charge in [0.25, 0.3) is 0 Å². The van der Waals surface area contributed by atoms with Gasteiger partial charge in [0.2, 0.25) is 17.7 Å². The largest absolute Gasteiger partial charge is 0.465 e. The van der Waals surface area contributed by atoms with Crippen molar-refractivity contribution in [3.63, 3.8) is 0 Å². The Balaban J connectivity index is 1.51. The van der Waals surface area contributed by atoms with Crippen LogP contribution >= 0.6 is 23.2 Å². The van der Waals surface area contributed by atoms with Gasteiger partial charge in [0, 0.05) is 62.5 Å². The second-order valence-corrected chi connectivity index (χ2v) is 12.0. The molecule has 0 aliphatic carbocycles. The van der Waals surface area contributed by atoms with Crippen LogP contribution in [0.5, 0.6) is 0 Å². The lowest BCUT2D eigenvalue weighted by atomic mass is 10.0. The van der Waals surface area contributed by atoms with Gasteiger partial charge in [0.05, 0.1) is 26.2 Å². The van der Waals surface area contributed by atoms with Gasteiger partial charge in [-0.25, -0.2) is 0 Å². The molecular weight excluding hydrogens is 621 g/mol. The molecule has 13 heteroatoms. The minimum absolute atomic E-state index is 0.174. The van der Waals surface area contributed by atoms with E-state index in [9.17, 15) is 19.2 Å². The summed E-state index contributed by atoms with van der Waals surface area (Å²) in [6.07, 6.45) is 2.71. The predicted molar refractivity (Wildman–Crippen MR) is 170 cm³/mol. The van der Waals surface area contributed by atoms with Crippen LogP contribution in [0.4, 0.5) is 0 Å². The van der Waals surface area contributed by atoms with E-state index in [1.54, 1.807) is 31.3 Å². The first-order valence-corrected chi connectivity index (χ1v) is 16.2. The number of hydrogen-bond donors (Lipinski definition) is 0. The summed E-state index contributed by atoms with van der Waals surface area (Å²) in [7, 11) is 0. The number of pyridine rings is 1. The molecule has 2 saturated heterocycles. The van der Waals surface area contributed by atoms with Crippen molar-refractivity contribution in [2.24, 2.45) is 0 Å². The number of aromatic nitrogens is 1. The van der Waals surface area contributed by atoms with Gasteiger partial charge >= 0.3 is 5.97 Å². The van der Waals surface area contributed by atoms with E-state index < -0.39 is 29.3 Å². The third-order valence-electron chi connectivity index (χ3n) is 7.91. The molecule has 0 bridgehead atoms. The Labute approximate surface area is 274 Å². The summed E-state index contributed by atoms with van der Waals surface area (Å²) in [6, 6.07) is 11.5. The Kier molecular flexibility index (Phi) is 13.4. The molecule has 244 valence electrons. The number of carbonyl (C=O) groups excluding carboxylic acids is 4. The molecule has 2 aliphatic rings. The van der Waals surface area contributed by atoms with Gasteiger partial charge in [0.1, 0.15) is 24.6 Å². The highest BCUT2D eigenvalue weighted by Crippen LogP contribution is 2.24. The van der Waals surface area contributed by atoms with Crippen LogP contribution in [-0.2, 0) is 41.5 Å². The maximum absolute atomic E-state index is 14.0. The summed E-state index contributed by atoms with van der Waals surface area (Å²) in [5, 5.41) is 0.579. The molecule has 2 fully saturated rings. The molecular formula is C32H41Cl2N5O6. The number of esters is 1. The molecule has 11 nitrogen and oxygen atoms in total. The molecule has 2 aromatic rings. The molecule has 3 heterocycles. The lowest BCUT2D eigenvalue weighted by molar-refractivity contribution is -0.159. The van der Waals surface area contributed by atoms with Crippen molar-refractivity contribution in [2.75, 3.05) is 65.6 Å². The van der Waals surface area contributed by atoms with E-state index in [0.29, 0.717) is 44.0 Å². The lowest BCUT2D eigenvalue weighted by Crippen LogP contribution is -2.63. The fraction of sp³-hybridized carbons (Fsp3) is 0.531. The number of benzene rings is 1. The van der Waals surface area contributed by atoms with E-state index in [1.165, 1.54) is 14.7 Å². The first-order chi connectivity index (χ1) is 21.7. The summed E-state index contributed by atoms with van der Waals surface area (Å²) in [5.74, 6) is -1.66. The third-order valence-corrected chi connectivity index (χ3v) is 8.55. The molecule has 1 aromatic carbocycles. The third kappa shape index (κ3) is 10.4. The number of nitrogens with zero attached hydrogens (tertiary/aromatic N) is 5. The highest BCUT2D eigenvalue weighted by Gasteiger charge is 2.43. The van der Waals surface area contributed by atoms with Gasteiger partial charge in [-0.3, -0.25) is 29.1 Å². The smallest absolute Gasteiger partial charge is 0.325 e. The molecule has 4 rings (SSSR count). The van der Waals surface area contributed by atoms with Crippen molar-refractivity contribution in [3.05, 3.63) is 64.9 Å². The Morgan fingerprint density at radius 2 is 1.87 bits per heavy atom. The molecule has 0 radical (unpaired) electrons. The van der Waals surface area contributed by atoms with Gasteiger partial charge in [-0.2, -0.15) is 0 Å². The molecule has 1 aromatic heterocycles. The van der Waals surface area contributed by atoms with Gasteiger partial charge in [-0.15, -0.1) is 0 Å². The molecule has 3 amide bonds. The van der Waals surface area contributed by atoms with Crippen LogP contribution in [0.15, 0.2) is 48.7 Å². The first-order valence-electron chi connectivity index (χ1n) is 15.4. The van der Waals surface area contributed by atoms with E-state index in [1.807, 2.05) is 24.3 Å². The molecule has 45 heavy (non-hydrogen) atoms. The van der Waals surface area contributed by atoms with Crippen LogP contribution < -0.4 is 0 Å². The average molecular weight is 663 g/mol. The highest BCUT2D eigenvalue weighted by molar-refractivity contribution is 6.30. The number of amides is 3. The summed E-state index contributed by atoms with van der Waals surface area (Å²) in [4.78, 5) is 64.7. The predicted octanol–water partition coefficient (Wildman–Crippen LogP) is 2.63. The zero-order valence-corrected chi connectivity index (χ0v) is 27.1. The second-order valence-electron chi connectivity index (χ2n) is 11.0. The molecule has 2 aliphatic heterocycles. The van der Waals surface area contributed by atoms with Crippen molar-refractivity contribution in [1.82, 2.24) is 24.6 Å². The summed E-state index contributed by atoms with van der Waals surface area (Å²) in [6.45, 7) is 5.58. The topological polar surface area (TPSA) is 113 Å². The van der Waals surface area contributed by atoms with Crippen LogP contribution in [-0.4, -0.2) is 125 Å². The Morgan fingerprint density at radius 3 is 2.56 bits per heavy atom. The zero-order valence-electron chi connectivity index (χ0n) is 25.6. The van der Waals surface area contributed by atoms with Gasteiger partial charge in [-0.05, 0) is 43.2 Å². The minimum atomic E-state index is -1.06. The average Bonchev–Trinajstić information content (AvgIpc) is 3.04. The normalized spacial score (nSPS) is 18.2. The maximum atomic E-state index is 14.0. The molecule has 2 unspecified atom stereocenters. The highest BCUT2D eigenvalue weighted by atomic mass is 35.5. The van der Waals surface area contributed by atoms with Gasteiger partial charge in [-0.1, -0.05) is 41.4 Å². The van der Waals surface area contributed by atoms with Gasteiger partial charge < -0.3 is 24.2 Å². The monoisotopic (exact) mass is 661 g/mol. The molecule has 0 N–H and O–H groups in total. The van der Waals surface area contributed by atoms with Crippen LogP contribution in [0.25, 0.3) is 0 Å². The summed E-state index contributed by atoms with van der Waals surface area (Å²) >= 11 is 12.8. The Hall–Kier alpha value is -3.25. The van der Waals surface area contributed by atoms with E-state index in [0.717, 1.165) is 30.9 Å². The standard InChI is InChI=1S/C32H41Cl2N5O6/c1-2-45-31(42)23-37(15-11-26-6-3-4-12-35-26)29(40)21-27-32(43)39(28(34)20-24-7-9-25(33)10-8-24)22-30(41)38(27)14-5-13-36-16-18-44-19-17-36/h3-4,6-10,12,27-28H,2,5,11,13-23H2,1H3. The number of carbonyl (C=O) groups is 4. The number of piperazine rings is 1. The SMILES string of the molecule is CCOC(=O)CN(CCc1ccccn1)C(=O)CC1C(=O)N(C(Cl)Cc2ccc(Cl)cc2)CC(=O)N1CCCN1CCOCC1. The second kappa shape index (κ2) is 17.4. The Bertz CT molecular complexity index is 1280. The van der Waals surface area contributed by atoms with Crippen molar-refractivity contribution in [1.29, 1.82) is 0 Å². The first kappa shape index (κ1) is 34.6. The fourth-order valence-electron chi connectivity index (χ4n) is 5.49. The fourth-order valence-corrected chi connectivity index (χ4v) is 5.96. The summed E-state index contributed by atoms with van der Waals surface area (Å²) in [5.41, 5.74) is 0.803. The van der Waals surface area contributed by atoms with Crippen LogP contribution in [0, 0.1) is 0 Å². The van der Waals surface area contributed by atoms with E-state index in [2.05, 4.69) is 9.88 Å². The number of halogens is 2. The molecule has 0 spiro atoms. The van der Waals surface area contributed by atoms with Crippen LogP contribution in [0.1, 0.15) is 31.0 Å². The van der Waals surface area contributed by atoms with Crippen molar-refractivity contribution in [2.45, 2.75) is 44.1 Å². The van der Waals surface area contributed by atoms with Crippen LogP contribution in [0.2, 0.25) is 5.02 Å². The number of hydrogen-bond acceptors (Lipinski definition) is 8. The quantitative estimate of drug-likeness (QED) is 0.163. The van der Waals surface area contributed by atoms with E-state index in [-0.39, 0.29) is 38.6 Å². The van der Waals surface area contributed by atoms with Crippen LogP contribution in [0.3, 0.4) is 0 Å². The van der Waals surface area contributed by atoms with Gasteiger partial charge in [0.15, 0.2) is 0 Å². The summed E-state index contributed by atoms with van der Waals surface area (Å²) < 4.78 is 10.5. The number of morpholine rings is 1. The minimum Gasteiger partial charge on any atom is -0.465 e. The van der Waals surface area contributed by atoms with Crippen molar-refractivity contribution < 1.29 is 28.7 Å².